The number of nitrogens with zero attached hydrogens (tertiary/aromatic N) is 4. The van der Waals surface area contributed by atoms with Crippen LogP contribution in [0.2, 0.25) is 0 Å². The molecule has 0 saturated carbocycles. The summed E-state index contributed by atoms with van der Waals surface area (Å²) in [7, 11) is 1.57. The molecule has 3 fully saturated rings. The number of hydrogen-bond acceptors (Lipinski definition) is 8. The van der Waals surface area contributed by atoms with Gasteiger partial charge in [0.1, 0.15) is 24.1 Å². The van der Waals surface area contributed by atoms with Crippen molar-refractivity contribution in [1.82, 2.24) is 9.88 Å². The highest BCUT2D eigenvalue weighted by atomic mass is 16.6. The van der Waals surface area contributed by atoms with Crippen molar-refractivity contribution in [2.75, 3.05) is 56.2 Å². The van der Waals surface area contributed by atoms with Crippen molar-refractivity contribution in [2.24, 2.45) is 0 Å². The zero-order valence-electron chi connectivity index (χ0n) is 23.9. The maximum atomic E-state index is 12.6. The van der Waals surface area contributed by atoms with Crippen molar-refractivity contribution in [2.45, 2.75) is 63.8 Å². The molecule has 0 N–H and O–H groups in total. The normalized spacial score (nSPS) is 20.0. The molecule has 10 nitrogen and oxygen atoms in total. The molecular weight excluding hydrogens is 512 g/mol. The second-order valence-electron chi connectivity index (χ2n) is 11.8. The summed E-state index contributed by atoms with van der Waals surface area (Å²) in [5, 5.41) is 0. The zero-order valence-corrected chi connectivity index (χ0v) is 23.9. The lowest BCUT2D eigenvalue weighted by Crippen LogP contribution is -2.59. The van der Waals surface area contributed by atoms with E-state index in [-0.39, 0.29) is 30.3 Å². The van der Waals surface area contributed by atoms with Crippen LogP contribution in [0.5, 0.6) is 11.6 Å². The minimum absolute atomic E-state index is 0.0499. The van der Waals surface area contributed by atoms with Crippen LogP contribution in [0.4, 0.5) is 16.2 Å². The third-order valence-corrected chi connectivity index (χ3v) is 7.76. The van der Waals surface area contributed by atoms with E-state index in [1.165, 1.54) is 0 Å². The zero-order chi connectivity index (χ0) is 28.3. The van der Waals surface area contributed by atoms with Crippen LogP contribution in [0.3, 0.4) is 0 Å². The summed E-state index contributed by atoms with van der Waals surface area (Å²) < 4.78 is 23.0. The molecule has 2 amide bonds. The van der Waals surface area contributed by atoms with Gasteiger partial charge in [0, 0.05) is 50.8 Å². The maximum Gasteiger partial charge on any atom is 0.410 e. The van der Waals surface area contributed by atoms with E-state index >= 15 is 0 Å². The van der Waals surface area contributed by atoms with Gasteiger partial charge in [-0.05, 0) is 63.9 Å². The molecule has 0 atom stereocenters. The largest absolute Gasteiger partial charge is 0.490 e. The quantitative estimate of drug-likeness (QED) is 0.543. The minimum atomic E-state index is -0.487. The number of piperidine rings is 2. The fourth-order valence-corrected chi connectivity index (χ4v) is 5.49. The maximum absolute atomic E-state index is 12.6. The first-order valence-corrected chi connectivity index (χ1v) is 14.1. The Balaban J connectivity index is 1.11. The van der Waals surface area contributed by atoms with Crippen LogP contribution in [-0.2, 0) is 14.3 Å². The van der Waals surface area contributed by atoms with Gasteiger partial charge in [-0.1, -0.05) is 0 Å². The van der Waals surface area contributed by atoms with E-state index in [0.717, 1.165) is 55.9 Å². The number of hydrogen-bond donors (Lipinski definition) is 0. The molecule has 216 valence electrons. The average Bonchev–Trinajstić information content (AvgIpc) is 2.95. The molecule has 10 heteroatoms. The van der Waals surface area contributed by atoms with Gasteiger partial charge in [-0.25, -0.2) is 9.78 Å². The lowest BCUT2D eigenvalue weighted by Gasteiger charge is -2.47. The lowest BCUT2D eigenvalue weighted by atomic mass is 9.88. The number of morpholine rings is 1. The van der Waals surface area contributed by atoms with Crippen molar-refractivity contribution in [3.05, 3.63) is 42.6 Å². The minimum Gasteiger partial charge on any atom is -0.490 e. The van der Waals surface area contributed by atoms with Crippen LogP contribution in [0, 0.1) is 0 Å². The van der Waals surface area contributed by atoms with Gasteiger partial charge < -0.3 is 33.6 Å². The topological polar surface area (TPSA) is 93.7 Å². The number of carbonyl (C=O) groups is 2. The number of amides is 2. The van der Waals surface area contributed by atoms with Crippen LogP contribution in [-0.4, -0.2) is 85.6 Å². The van der Waals surface area contributed by atoms with E-state index in [9.17, 15) is 9.59 Å². The van der Waals surface area contributed by atoms with Crippen LogP contribution in [0.25, 0.3) is 0 Å². The number of rotatable bonds is 5. The van der Waals surface area contributed by atoms with E-state index in [0.29, 0.717) is 25.5 Å². The molecule has 3 aliphatic heterocycles. The van der Waals surface area contributed by atoms with E-state index in [1.807, 2.05) is 39.0 Å². The van der Waals surface area contributed by atoms with E-state index in [4.69, 9.17) is 18.9 Å². The number of anilines is 2. The van der Waals surface area contributed by atoms with Gasteiger partial charge in [0.2, 0.25) is 5.88 Å². The Bertz CT molecular complexity index is 1160. The number of pyridine rings is 1. The Morgan fingerprint density at radius 2 is 1.68 bits per heavy atom. The third-order valence-electron chi connectivity index (χ3n) is 7.76. The van der Waals surface area contributed by atoms with Crippen molar-refractivity contribution < 1.29 is 28.5 Å². The standard InChI is InChI=1S/C30H40N4O6/c1-29(2,3)40-28(36)33-15-11-25(12-16-33)39-24-8-5-22(6-9-24)32-17-13-30(14-18-32)21-34(27(35)20-38-30)23-7-10-26(37-4)31-19-23/h5-10,19,25H,11-18,20-21H2,1-4H3. The Morgan fingerprint density at radius 3 is 2.27 bits per heavy atom. The highest BCUT2D eigenvalue weighted by molar-refractivity contribution is 5.95. The molecular formula is C30H40N4O6. The van der Waals surface area contributed by atoms with Gasteiger partial charge in [0.25, 0.3) is 5.91 Å². The highest BCUT2D eigenvalue weighted by Crippen LogP contribution is 2.35. The van der Waals surface area contributed by atoms with Crippen LogP contribution >= 0.6 is 0 Å². The van der Waals surface area contributed by atoms with Gasteiger partial charge >= 0.3 is 6.09 Å². The average molecular weight is 553 g/mol. The number of aromatic nitrogens is 1. The predicted molar refractivity (Wildman–Crippen MR) is 151 cm³/mol. The summed E-state index contributed by atoms with van der Waals surface area (Å²) in [6.07, 6.45) is 4.72. The molecule has 0 unspecified atom stereocenters. The molecule has 3 aliphatic rings. The summed E-state index contributed by atoms with van der Waals surface area (Å²) in [6.45, 7) is 9.19. The number of likely N-dealkylation sites (tertiary alicyclic amines) is 1. The smallest absolute Gasteiger partial charge is 0.410 e. The van der Waals surface area contributed by atoms with Gasteiger partial charge in [-0.2, -0.15) is 0 Å². The molecule has 40 heavy (non-hydrogen) atoms. The third kappa shape index (κ3) is 6.60. The highest BCUT2D eigenvalue weighted by Gasteiger charge is 2.43. The fourth-order valence-electron chi connectivity index (χ4n) is 5.49. The fraction of sp³-hybridized carbons (Fsp3) is 0.567. The number of methoxy groups -OCH3 is 1. The molecule has 4 heterocycles. The number of ether oxygens (including phenoxy) is 4. The molecule has 0 radical (unpaired) electrons. The molecule has 1 aromatic carbocycles. The Morgan fingerprint density at radius 1 is 1.00 bits per heavy atom. The monoisotopic (exact) mass is 552 g/mol. The first-order chi connectivity index (χ1) is 19.1. The summed E-state index contributed by atoms with van der Waals surface area (Å²) in [4.78, 5) is 35.1. The second-order valence-corrected chi connectivity index (χ2v) is 11.8. The van der Waals surface area contributed by atoms with Crippen LogP contribution in [0.15, 0.2) is 42.6 Å². The Kier molecular flexibility index (Phi) is 8.07. The number of benzene rings is 1. The predicted octanol–water partition coefficient (Wildman–Crippen LogP) is 4.27. The van der Waals surface area contributed by atoms with Crippen molar-refractivity contribution in [1.29, 1.82) is 0 Å². The molecule has 2 aromatic rings. The van der Waals surface area contributed by atoms with Gasteiger partial charge in [-0.3, -0.25) is 4.79 Å². The Hall–Kier alpha value is -3.53. The molecule has 0 bridgehead atoms. The summed E-state index contributed by atoms with van der Waals surface area (Å²) >= 11 is 0. The van der Waals surface area contributed by atoms with Gasteiger partial charge in [-0.15, -0.1) is 0 Å². The first-order valence-electron chi connectivity index (χ1n) is 14.1. The summed E-state index contributed by atoms with van der Waals surface area (Å²) in [5.74, 6) is 1.31. The van der Waals surface area contributed by atoms with Crippen molar-refractivity contribution >= 4 is 23.4 Å². The molecule has 5 rings (SSSR count). The van der Waals surface area contributed by atoms with Crippen molar-refractivity contribution in [3.8, 4) is 11.6 Å². The Labute approximate surface area is 236 Å². The lowest BCUT2D eigenvalue weighted by molar-refractivity contribution is -0.141. The number of carbonyl (C=O) groups excluding carboxylic acids is 2. The van der Waals surface area contributed by atoms with Gasteiger partial charge in [0.05, 0.1) is 31.1 Å². The van der Waals surface area contributed by atoms with Crippen LogP contribution in [0.1, 0.15) is 46.5 Å². The van der Waals surface area contributed by atoms with E-state index in [2.05, 4.69) is 22.0 Å². The molecule has 1 aromatic heterocycles. The van der Waals surface area contributed by atoms with E-state index < -0.39 is 5.60 Å². The van der Waals surface area contributed by atoms with E-state index in [1.54, 1.807) is 29.2 Å². The second kappa shape index (κ2) is 11.5. The summed E-state index contributed by atoms with van der Waals surface area (Å²) in [5.41, 5.74) is 1.06. The molecule has 1 spiro atoms. The van der Waals surface area contributed by atoms with Gasteiger partial charge in [0.15, 0.2) is 0 Å². The molecule has 3 saturated heterocycles. The summed E-state index contributed by atoms with van der Waals surface area (Å²) in [6, 6.07) is 11.9. The van der Waals surface area contributed by atoms with Crippen LogP contribution < -0.4 is 19.3 Å². The van der Waals surface area contributed by atoms with Crippen molar-refractivity contribution in [3.63, 3.8) is 0 Å². The SMILES string of the molecule is COc1ccc(N2CC3(CCN(c4ccc(OC5CCN(C(=O)OC(C)(C)C)CC5)cc4)CC3)OCC2=O)cn1. The first kappa shape index (κ1) is 28.0. The molecule has 0 aliphatic carbocycles.